The minimum atomic E-state index is -0.146. The lowest BCUT2D eigenvalue weighted by Crippen LogP contribution is -2.14. The van der Waals surface area contributed by atoms with Gasteiger partial charge in [-0.1, -0.05) is 36.0 Å². The summed E-state index contributed by atoms with van der Waals surface area (Å²) in [6, 6.07) is 16.8. The van der Waals surface area contributed by atoms with Gasteiger partial charge in [0.15, 0.2) is 0 Å². The summed E-state index contributed by atoms with van der Waals surface area (Å²) in [6.45, 7) is 5.94. The number of thioether (sulfide) groups is 1. The molecule has 7 nitrogen and oxygen atoms in total. The fraction of sp³-hybridized carbons (Fsp3) is 0.182. The molecule has 30 heavy (non-hydrogen) atoms. The van der Waals surface area contributed by atoms with Crippen LogP contribution < -0.4 is 10.1 Å². The molecule has 0 atom stereocenters. The van der Waals surface area contributed by atoms with Gasteiger partial charge in [0.1, 0.15) is 11.5 Å². The number of hydrogen-bond donors (Lipinski definition) is 1. The molecular weight excluding hydrogens is 398 g/mol. The second-order valence-corrected chi connectivity index (χ2v) is 7.74. The SMILES string of the molecule is Cc1nc2nc(SCC(=O)Nc3cccc(Oc4ccccc4)c3)nn2c(C)c1C. The van der Waals surface area contributed by atoms with Crippen LogP contribution in [0.3, 0.4) is 0 Å². The zero-order valence-electron chi connectivity index (χ0n) is 16.9. The minimum absolute atomic E-state index is 0.146. The van der Waals surface area contributed by atoms with Gasteiger partial charge in [-0.2, -0.15) is 4.98 Å². The lowest BCUT2D eigenvalue weighted by Gasteiger charge is -2.08. The van der Waals surface area contributed by atoms with E-state index in [9.17, 15) is 4.79 Å². The van der Waals surface area contributed by atoms with Gasteiger partial charge in [-0.05, 0) is 50.6 Å². The molecule has 2 heterocycles. The number of amides is 1. The molecule has 152 valence electrons. The van der Waals surface area contributed by atoms with Crippen LogP contribution in [0.25, 0.3) is 5.78 Å². The third-order valence-electron chi connectivity index (χ3n) is 4.67. The number of carbonyl (C=O) groups excluding carboxylic acids is 1. The van der Waals surface area contributed by atoms with Crippen LogP contribution in [0.4, 0.5) is 5.69 Å². The smallest absolute Gasteiger partial charge is 0.253 e. The molecule has 1 N–H and O–H groups in total. The molecule has 2 aromatic heterocycles. The van der Waals surface area contributed by atoms with Crippen LogP contribution in [-0.4, -0.2) is 31.2 Å². The third kappa shape index (κ3) is 4.44. The van der Waals surface area contributed by atoms with Crippen LogP contribution in [-0.2, 0) is 4.79 Å². The predicted molar refractivity (Wildman–Crippen MR) is 117 cm³/mol. The van der Waals surface area contributed by atoms with Crippen molar-refractivity contribution in [3.63, 3.8) is 0 Å². The average molecular weight is 420 g/mol. The lowest BCUT2D eigenvalue weighted by molar-refractivity contribution is -0.113. The number of fused-ring (bicyclic) bond motifs is 1. The summed E-state index contributed by atoms with van der Waals surface area (Å²) in [5, 5.41) is 7.86. The third-order valence-corrected chi connectivity index (χ3v) is 5.51. The Morgan fingerprint density at radius 1 is 1.03 bits per heavy atom. The summed E-state index contributed by atoms with van der Waals surface area (Å²) < 4.78 is 7.52. The summed E-state index contributed by atoms with van der Waals surface area (Å²) in [5.74, 6) is 1.99. The summed E-state index contributed by atoms with van der Waals surface area (Å²) in [5.41, 5.74) is 3.68. The van der Waals surface area contributed by atoms with Crippen molar-refractivity contribution in [3.8, 4) is 11.5 Å². The molecule has 8 heteroatoms. The van der Waals surface area contributed by atoms with E-state index in [1.165, 1.54) is 11.8 Å². The Morgan fingerprint density at radius 2 is 1.80 bits per heavy atom. The Hall–Kier alpha value is -3.39. The molecule has 0 fully saturated rings. The molecule has 4 rings (SSSR count). The highest BCUT2D eigenvalue weighted by atomic mass is 32.2. The molecule has 0 unspecified atom stereocenters. The van der Waals surface area contributed by atoms with Gasteiger partial charge in [0.25, 0.3) is 5.78 Å². The van der Waals surface area contributed by atoms with Gasteiger partial charge in [0, 0.05) is 23.1 Å². The van der Waals surface area contributed by atoms with E-state index in [4.69, 9.17) is 4.74 Å². The zero-order valence-corrected chi connectivity index (χ0v) is 17.7. The number of hydrogen-bond acceptors (Lipinski definition) is 6. The number of benzene rings is 2. The molecule has 0 radical (unpaired) electrons. The number of aryl methyl sites for hydroxylation is 2. The summed E-state index contributed by atoms with van der Waals surface area (Å²) in [4.78, 5) is 21.3. The normalized spacial score (nSPS) is 10.9. The molecule has 0 aliphatic heterocycles. The maximum atomic E-state index is 12.4. The van der Waals surface area contributed by atoms with Crippen LogP contribution in [0.1, 0.15) is 17.0 Å². The van der Waals surface area contributed by atoms with Crippen LogP contribution in [0.15, 0.2) is 59.8 Å². The van der Waals surface area contributed by atoms with Gasteiger partial charge in [-0.15, -0.1) is 5.10 Å². The van der Waals surface area contributed by atoms with E-state index in [1.54, 1.807) is 10.6 Å². The van der Waals surface area contributed by atoms with E-state index in [-0.39, 0.29) is 11.7 Å². The topological polar surface area (TPSA) is 81.4 Å². The quantitative estimate of drug-likeness (QED) is 0.461. The highest BCUT2D eigenvalue weighted by molar-refractivity contribution is 7.99. The van der Waals surface area contributed by atoms with Crippen molar-refractivity contribution < 1.29 is 9.53 Å². The minimum Gasteiger partial charge on any atom is -0.457 e. The van der Waals surface area contributed by atoms with Crippen molar-refractivity contribution >= 4 is 29.1 Å². The molecule has 1 amide bonds. The molecule has 0 spiro atoms. The first-order valence-electron chi connectivity index (χ1n) is 9.46. The molecule has 2 aromatic carbocycles. The summed E-state index contributed by atoms with van der Waals surface area (Å²) in [7, 11) is 0. The zero-order chi connectivity index (χ0) is 21.1. The first-order valence-corrected chi connectivity index (χ1v) is 10.4. The molecular formula is C22H21N5O2S. The monoisotopic (exact) mass is 419 g/mol. The average Bonchev–Trinajstić information content (AvgIpc) is 3.15. The fourth-order valence-electron chi connectivity index (χ4n) is 2.89. The van der Waals surface area contributed by atoms with Crippen molar-refractivity contribution in [2.24, 2.45) is 0 Å². The number of para-hydroxylation sites is 1. The van der Waals surface area contributed by atoms with Crippen LogP contribution in [0, 0.1) is 20.8 Å². The Morgan fingerprint density at radius 3 is 2.60 bits per heavy atom. The Labute approximate surface area is 178 Å². The second-order valence-electron chi connectivity index (χ2n) is 6.79. The Kier molecular flexibility index (Phi) is 5.67. The van der Waals surface area contributed by atoms with Crippen molar-refractivity contribution in [2.45, 2.75) is 25.9 Å². The van der Waals surface area contributed by atoms with Crippen molar-refractivity contribution in [1.29, 1.82) is 0 Å². The van der Waals surface area contributed by atoms with E-state index in [1.807, 2.05) is 69.3 Å². The molecule has 0 bridgehead atoms. The van der Waals surface area contributed by atoms with E-state index < -0.39 is 0 Å². The standard InChI is InChI=1S/C22H21N5O2S/c1-14-15(2)23-21-25-22(26-27(21)16(14)3)30-13-20(28)24-17-8-7-11-19(12-17)29-18-9-5-4-6-10-18/h4-12H,13H2,1-3H3,(H,24,28). The van der Waals surface area contributed by atoms with Gasteiger partial charge in [-0.3, -0.25) is 4.79 Å². The number of nitrogens with one attached hydrogen (secondary N) is 1. The van der Waals surface area contributed by atoms with E-state index in [2.05, 4.69) is 20.4 Å². The van der Waals surface area contributed by atoms with Crippen molar-refractivity contribution in [1.82, 2.24) is 19.6 Å². The summed E-state index contributed by atoms with van der Waals surface area (Å²) in [6.07, 6.45) is 0. The second kappa shape index (κ2) is 8.54. The van der Waals surface area contributed by atoms with Crippen molar-refractivity contribution in [3.05, 3.63) is 71.5 Å². The van der Waals surface area contributed by atoms with E-state index >= 15 is 0 Å². The van der Waals surface area contributed by atoms with Gasteiger partial charge in [-0.25, -0.2) is 9.50 Å². The largest absolute Gasteiger partial charge is 0.457 e. The summed E-state index contributed by atoms with van der Waals surface area (Å²) >= 11 is 1.27. The highest BCUT2D eigenvalue weighted by Gasteiger charge is 2.13. The maximum Gasteiger partial charge on any atom is 0.253 e. The molecule has 0 saturated heterocycles. The lowest BCUT2D eigenvalue weighted by atomic mass is 10.2. The molecule has 0 aliphatic rings. The number of ether oxygens (including phenoxy) is 1. The number of carbonyl (C=O) groups is 1. The number of aromatic nitrogens is 4. The predicted octanol–water partition coefficient (Wildman–Crippen LogP) is 4.57. The van der Waals surface area contributed by atoms with Crippen molar-refractivity contribution in [2.75, 3.05) is 11.1 Å². The molecule has 0 saturated carbocycles. The number of anilines is 1. The first kappa shape index (κ1) is 19.9. The maximum absolute atomic E-state index is 12.4. The Balaban J connectivity index is 1.39. The van der Waals surface area contributed by atoms with E-state index in [0.717, 1.165) is 22.7 Å². The van der Waals surface area contributed by atoms with Crippen LogP contribution in [0.5, 0.6) is 11.5 Å². The number of nitrogens with zero attached hydrogens (tertiary/aromatic N) is 4. The van der Waals surface area contributed by atoms with Gasteiger partial charge in [0.05, 0.1) is 5.75 Å². The fourth-order valence-corrected chi connectivity index (χ4v) is 3.51. The van der Waals surface area contributed by atoms with Crippen LogP contribution >= 0.6 is 11.8 Å². The van der Waals surface area contributed by atoms with Gasteiger partial charge < -0.3 is 10.1 Å². The van der Waals surface area contributed by atoms with Gasteiger partial charge >= 0.3 is 0 Å². The van der Waals surface area contributed by atoms with Gasteiger partial charge in [0.2, 0.25) is 11.1 Å². The molecule has 4 aromatic rings. The first-order chi connectivity index (χ1) is 14.5. The van der Waals surface area contributed by atoms with E-state index in [0.29, 0.717) is 22.4 Å². The Bertz CT molecular complexity index is 1210. The number of rotatable bonds is 6. The highest BCUT2D eigenvalue weighted by Crippen LogP contribution is 2.24. The molecule has 0 aliphatic carbocycles. The van der Waals surface area contributed by atoms with Crippen LogP contribution in [0.2, 0.25) is 0 Å².